The summed E-state index contributed by atoms with van der Waals surface area (Å²) in [5.74, 6) is 0.708. The molecule has 3 heterocycles. The molecule has 0 N–H and O–H groups in total. The van der Waals surface area contributed by atoms with E-state index in [0.29, 0.717) is 18.9 Å². The number of piperidine rings is 1. The minimum absolute atomic E-state index is 0.237. The molecule has 1 saturated heterocycles. The van der Waals surface area contributed by atoms with Crippen LogP contribution in [0.5, 0.6) is 0 Å². The summed E-state index contributed by atoms with van der Waals surface area (Å²) >= 11 is 1.80. The first-order chi connectivity index (χ1) is 13.8. The van der Waals surface area contributed by atoms with Crippen molar-refractivity contribution in [1.29, 1.82) is 0 Å². The van der Waals surface area contributed by atoms with Gasteiger partial charge in [-0.05, 0) is 37.1 Å². The molecule has 0 atom stereocenters. The van der Waals surface area contributed by atoms with E-state index in [-0.39, 0.29) is 5.91 Å². The van der Waals surface area contributed by atoms with Gasteiger partial charge in [0.2, 0.25) is 5.91 Å². The molecule has 0 spiro atoms. The molecule has 1 fully saturated rings. The predicted molar refractivity (Wildman–Crippen MR) is 113 cm³/mol. The number of aryl methyl sites for hydroxylation is 1. The van der Waals surface area contributed by atoms with Crippen LogP contribution in [0.1, 0.15) is 30.2 Å². The minimum Gasteiger partial charge on any atom is -0.343 e. The third-order valence-corrected chi connectivity index (χ3v) is 6.80. The second-order valence-electron chi connectivity index (χ2n) is 7.35. The van der Waals surface area contributed by atoms with E-state index < -0.39 is 0 Å². The first-order valence-electron chi connectivity index (χ1n) is 9.81. The van der Waals surface area contributed by atoms with E-state index in [1.807, 2.05) is 35.5 Å². The molecule has 142 valence electrons. The third-order valence-electron chi connectivity index (χ3n) is 5.60. The Kier molecular flexibility index (Phi) is 4.56. The van der Waals surface area contributed by atoms with Crippen LogP contribution in [-0.4, -0.2) is 38.4 Å². The molecule has 1 amide bonds. The SMILES string of the molecule is O=C(CCn1cnc2ccccc21)N1CCC(c2nc3ccccc3s2)CC1. The van der Waals surface area contributed by atoms with Crippen LogP contribution >= 0.6 is 11.3 Å². The molecule has 6 heteroatoms. The van der Waals surface area contributed by atoms with Gasteiger partial charge in [-0.3, -0.25) is 4.79 Å². The Morgan fingerprint density at radius 3 is 2.61 bits per heavy atom. The standard InChI is InChI=1S/C22H22N4OS/c27-21(11-14-26-15-23-17-5-1-3-7-19(17)26)25-12-9-16(10-13-25)22-24-18-6-2-4-8-20(18)28-22/h1-8,15-16H,9-14H2. The lowest BCUT2D eigenvalue weighted by molar-refractivity contribution is -0.132. The van der Waals surface area contributed by atoms with Gasteiger partial charge in [0, 0.05) is 32.0 Å². The fourth-order valence-corrected chi connectivity index (χ4v) is 5.14. The summed E-state index contributed by atoms with van der Waals surface area (Å²) in [5, 5.41) is 1.22. The molecule has 0 unspecified atom stereocenters. The largest absolute Gasteiger partial charge is 0.343 e. The molecule has 0 bridgehead atoms. The monoisotopic (exact) mass is 390 g/mol. The number of hydrogen-bond acceptors (Lipinski definition) is 4. The number of thiazole rings is 1. The fraction of sp³-hybridized carbons (Fsp3) is 0.318. The van der Waals surface area contributed by atoms with E-state index in [0.717, 1.165) is 42.5 Å². The van der Waals surface area contributed by atoms with Gasteiger partial charge in [-0.1, -0.05) is 24.3 Å². The summed E-state index contributed by atoms with van der Waals surface area (Å²) in [6.07, 6.45) is 4.35. The van der Waals surface area contributed by atoms with Crippen LogP contribution in [0.2, 0.25) is 0 Å². The molecule has 4 aromatic rings. The zero-order chi connectivity index (χ0) is 18.9. The maximum atomic E-state index is 12.7. The van der Waals surface area contributed by atoms with Crippen molar-refractivity contribution in [2.45, 2.75) is 31.7 Å². The lowest BCUT2D eigenvalue weighted by Crippen LogP contribution is -2.38. The van der Waals surface area contributed by atoms with Crippen LogP contribution in [0.3, 0.4) is 0 Å². The zero-order valence-corrected chi connectivity index (χ0v) is 16.4. The van der Waals surface area contributed by atoms with Crippen LogP contribution in [0.25, 0.3) is 21.3 Å². The number of carbonyl (C=O) groups excluding carboxylic acids is 1. The number of amides is 1. The molecule has 1 aliphatic rings. The highest BCUT2D eigenvalue weighted by atomic mass is 32.1. The number of fused-ring (bicyclic) bond motifs is 2. The lowest BCUT2D eigenvalue weighted by Gasteiger charge is -2.31. The molecule has 28 heavy (non-hydrogen) atoms. The number of hydrogen-bond donors (Lipinski definition) is 0. The van der Waals surface area contributed by atoms with Crippen LogP contribution in [0.15, 0.2) is 54.9 Å². The van der Waals surface area contributed by atoms with Crippen molar-refractivity contribution in [1.82, 2.24) is 19.4 Å². The first kappa shape index (κ1) is 17.4. The van der Waals surface area contributed by atoms with Gasteiger partial charge < -0.3 is 9.47 Å². The van der Waals surface area contributed by atoms with Crippen LogP contribution in [0.4, 0.5) is 0 Å². The van der Waals surface area contributed by atoms with Gasteiger partial charge in [-0.2, -0.15) is 0 Å². The molecule has 0 aliphatic carbocycles. The predicted octanol–water partition coefficient (Wildman–Crippen LogP) is 4.44. The highest BCUT2D eigenvalue weighted by Crippen LogP contribution is 2.33. The number of imidazole rings is 1. The number of carbonyl (C=O) groups is 1. The van der Waals surface area contributed by atoms with E-state index >= 15 is 0 Å². The fourth-order valence-electron chi connectivity index (χ4n) is 4.00. The molecule has 2 aromatic heterocycles. The topological polar surface area (TPSA) is 51.0 Å². The third kappa shape index (κ3) is 3.29. The van der Waals surface area contributed by atoms with Gasteiger partial charge in [-0.15, -0.1) is 11.3 Å². The quantitative estimate of drug-likeness (QED) is 0.518. The van der Waals surface area contributed by atoms with Crippen molar-refractivity contribution < 1.29 is 4.79 Å². The van der Waals surface area contributed by atoms with E-state index in [9.17, 15) is 4.79 Å². The molecule has 1 aliphatic heterocycles. The summed E-state index contributed by atoms with van der Waals surface area (Å²) in [5.41, 5.74) is 3.16. The average Bonchev–Trinajstić information content (AvgIpc) is 3.36. The number of para-hydroxylation sites is 3. The number of likely N-dealkylation sites (tertiary alicyclic amines) is 1. The van der Waals surface area contributed by atoms with Crippen molar-refractivity contribution in [2.75, 3.05) is 13.1 Å². The van der Waals surface area contributed by atoms with Crippen molar-refractivity contribution in [3.63, 3.8) is 0 Å². The van der Waals surface area contributed by atoms with Gasteiger partial charge in [-0.25, -0.2) is 9.97 Å². The Morgan fingerprint density at radius 1 is 1.04 bits per heavy atom. The van der Waals surface area contributed by atoms with Gasteiger partial charge in [0.1, 0.15) is 0 Å². The molecule has 0 radical (unpaired) electrons. The lowest BCUT2D eigenvalue weighted by atomic mass is 9.97. The average molecular weight is 391 g/mol. The van der Waals surface area contributed by atoms with E-state index in [4.69, 9.17) is 4.98 Å². The smallest absolute Gasteiger partial charge is 0.224 e. The van der Waals surface area contributed by atoms with Crippen LogP contribution in [0, 0.1) is 0 Å². The van der Waals surface area contributed by atoms with Crippen molar-refractivity contribution in [2.24, 2.45) is 0 Å². The second kappa shape index (κ2) is 7.36. The Morgan fingerprint density at radius 2 is 1.79 bits per heavy atom. The number of benzene rings is 2. The Bertz CT molecular complexity index is 1090. The van der Waals surface area contributed by atoms with Gasteiger partial charge in [0.05, 0.1) is 32.6 Å². The summed E-state index contributed by atoms with van der Waals surface area (Å²) in [7, 11) is 0. The van der Waals surface area contributed by atoms with Crippen molar-refractivity contribution in [3.8, 4) is 0 Å². The van der Waals surface area contributed by atoms with Crippen LogP contribution < -0.4 is 0 Å². The Balaban J connectivity index is 1.19. The number of rotatable bonds is 4. The minimum atomic E-state index is 0.237. The zero-order valence-electron chi connectivity index (χ0n) is 15.6. The summed E-state index contributed by atoms with van der Waals surface area (Å²) in [6.45, 7) is 2.32. The maximum absolute atomic E-state index is 12.7. The Hall–Kier alpha value is -2.73. The van der Waals surface area contributed by atoms with Crippen LogP contribution in [-0.2, 0) is 11.3 Å². The van der Waals surface area contributed by atoms with Gasteiger partial charge >= 0.3 is 0 Å². The molecule has 0 saturated carbocycles. The molecular formula is C22H22N4OS. The molecule has 5 rings (SSSR count). The van der Waals surface area contributed by atoms with E-state index in [1.165, 1.54) is 9.71 Å². The second-order valence-corrected chi connectivity index (χ2v) is 8.41. The first-order valence-corrected chi connectivity index (χ1v) is 10.6. The van der Waals surface area contributed by atoms with Gasteiger partial charge in [0.25, 0.3) is 0 Å². The maximum Gasteiger partial charge on any atom is 0.224 e. The highest BCUT2D eigenvalue weighted by Gasteiger charge is 2.25. The number of aromatic nitrogens is 3. The number of nitrogens with zero attached hydrogens (tertiary/aromatic N) is 4. The highest BCUT2D eigenvalue weighted by molar-refractivity contribution is 7.18. The Labute approximate surface area is 167 Å². The molecule has 2 aromatic carbocycles. The normalized spacial score (nSPS) is 15.5. The summed E-state index contributed by atoms with van der Waals surface area (Å²) in [4.78, 5) is 23.9. The summed E-state index contributed by atoms with van der Waals surface area (Å²) in [6, 6.07) is 16.4. The molecular weight excluding hydrogens is 368 g/mol. The molecule has 5 nitrogen and oxygen atoms in total. The summed E-state index contributed by atoms with van der Waals surface area (Å²) < 4.78 is 3.32. The van der Waals surface area contributed by atoms with Crippen molar-refractivity contribution >= 4 is 38.5 Å². The van der Waals surface area contributed by atoms with E-state index in [1.54, 1.807) is 11.3 Å². The van der Waals surface area contributed by atoms with Gasteiger partial charge in [0.15, 0.2) is 0 Å². The van der Waals surface area contributed by atoms with E-state index in [2.05, 4.69) is 33.8 Å². The van der Waals surface area contributed by atoms with Crippen molar-refractivity contribution in [3.05, 3.63) is 59.9 Å².